The summed E-state index contributed by atoms with van der Waals surface area (Å²) >= 11 is 0. The first-order chi connectivity index (χ1) is 10.2. The van der Waals surface area contributed by atoms with Gasteiger partial charge < -0.3 is 9.47 Å². The molecule has 1 saturated heterocycles. The van der Waals surface area contributed by atoms with Gasteiger partial charge >= 0.3 is 0 Å². The predicted octanol–water partition coefficient (Wildman–Crippen LogP) is 4.45. The van der Waals surface area contributed by atoms with E-state index in [2.05, 4.69) is 6.92 Å². The van der Waals surface area contributed by atoms with Crippen LogP contribution in [0.15, 0.2) is 24.3 Å². The molecular formula is C18H26O3. The molecular weight excluding hydrogens is 264 g/mol. The molecule has 1 aromatic rings. The summed E-state index contributed by atoms with van der Waals surface area (Å²) < 4.78 is 11.3. The number of hydrogen-bond donors (Lipinski definition) is 0. The van der Waals surface area contributed by atoms with Gasteiger partial charge in [-0.15, -0.1) is 0 Å². The van der Waals surface area contributed by atoms with Crippen LogP contribution in [0.25, 0.3) is 0 Å². The van der Waals surface area contributed by atoms with E-state index < -0.39 is 0 Å². The number of methoxy groups -OCH3 is 1. The smallest absolute Gasteiger partial charge is 0.138 e. The van der Waals surface area contributed by atoms with E-state index in [1.807, 2.05) is 24.3 Å². The van der Waals surface area contributed by atoms with Crippen molar-refractivity contribution in [1.82, 2.24) is 0 Å². The van der Waals surface area contributed by atoms with Crippen molar-refractivity contribution in [2.75, 3.05) is 7.11 Å². The molecule has 1 heterocycles. The van der Waals surface area contributed by atoms with Crippen LogP contribution in [0.2, 0.25) is 0 Å². The van der Waals surface area contributed by atoms with Gasteiger partial charge in [0.2, 0.25) is 0 Å². The number of ketones is 1. The summed E-state index contributed by atoms with van der Waals surface area (Å²) in [4.78, 5) is 12.0. The van der Waals surface area contributed by atoms with Gasteiger partial charge in [-0.2, -0.15) is 0 Å². The highest BCUT2D eigenvalue weighted by atomic mass is 16.5. The van der Waals surface area contributed by atoms with Gasteiger partial charge in [-0.1, -0.05) is 44.7 Å². The number of carbonyl (C=O) groups is 1. The lowest BCUT2D eigenvalue weighted by Crippen LogP contribution is -2.28. The Bertz CT molecular complexity index is 438. The summed E-state index contributed by atoms with van der Waals surface area (Å²) in [6.07, 6.45) is 6.97. The van der Waals surface area contributed by atoms with Gasteiger partial charge in [-0.3, -0.25) is 4.79 Å². The topological polar surface area (TPSA) is 35.5 Å². The average Bonchev–Trinajstić information content (AvgIpc) is 2.51. The van der Waals surface area contributed by atoms with Gasteiger partial charge in [0.05, 0.1) is 19.3 Å². The lowest BCUT2D eigenvalue weighted by molar-refractivity contribution is -0.136. The van der Waals surface area contributed by atoms with Crippen LogP contribution in [0.5, 0.6) is 5.75 Å². The van der Waals surface area contributed by atoms with E-state index in [4.69, 9.17) is 9.47 Å². The molecule has 1 aliphatic heterocycles. The fourth-order valence-corrected chi connectivity index (χ4v) is 2.86. The van der Waals surface area contributed by atoms with Gasteiger partial charge in [0.1, 0.15) is 11.5 Å². The molecule has 0 bridgehead atoms. The van der Waals surface area contributed by atoms with Crippen molar-refractivity contribution in [1.29, 1.82) is 0 Å². The number of unbranched alkanes of at least 4 members (excludes halogenated alkanes) is 3. The molecule has 0 N–H and O–H groups in total. The van der Waals surface area contributed by atoms with Gasteiger partial charge in [0.15, 0.2) is 0 Å². The van der Waals surface area contributed by atoms with Crippen LogP contribution < -0.4 is 4.74 Å². The van der Waals surface area contributed by atoms with Crippen molar-refractivity contribution < 1.29 is 14.3 Å². The molecule has 0 saturated carbocycles. The van der Waals surface area contributed by atoms with Crippen molar-refractivity contribution >= 4 is 5.78 Å². The molecule has 3 nitrogen and oxygen atoms in total. The lowest BCUT2D eigenvalue weighted by atomic mass is 9.95. The largest absolute Gasteiger partial charge is 0.497 e. The summed E-state index contributed by atoms with van der Waals surface area (Å²) in [5.41, 5.74) is 1.07. The quantitative estimate of drug-likeness (QED) is 0.696. The second-order valence-corrected chi connectivity index (χ2v) is 5.82. The maximum Gasteiger partial charge on any atom is 0.138 e. The van der Waals surface area contributed by atoms with E-state index in [1.54, 1.807) is 7.11 Å². The van der Waals surface area contributed by atoms with Crippen LogP contribution >= 0.6 is 0 Å². The highest BCUT2D eigenvalue weighted by molar-refractivity contribution is 5.80. The Hall–Kier alpha value is -1.35. The molecule has 0 spiro atoms. The molecule has 2 rings (SSSR count). The summed E-state index contributed by atoms with van der Waals surface area (Å²) in [7, 11) is 1.65. The first-order valence-electron chi connectivity index (χ1n) is 8.04. The summed E-state index contributed by atoms with van der Waals surface area (Å²) in [5.74, 6) is 1.15. The van der Waals surface area contributed by atoms with Crippen LogP contribution in [0.3, 0.4) is 0 Å². The SMILES string of the molecule is CCCCCC[C@@H]1CC(=O)C[C@H](c2ccc(OC)cc2)O1. The molecule has 2 atom stereocenters. The van der Waals surface area contributed by atoms with Crippen molar-refractivity contribution in [2.24, 2.45) is 0 Å². The number of Topliss-reactive ketones (excluding diaryl/α,β-unsaturated/α-hetero) is 1. The molecule has 0 unspecified atom stereocenters. The van der Waals surface area contributed by atoms with E-state index in [0.29, 0.717) is 18.6 Å². The Morgan fingerprint density at radius 2 is 1.90 bits per heavy atom. The van der Waals surface area contributed by atoms with Gasteiger partial charge in [-0.05, 0) is 24.1 Å². The van der Waals surface area contributed by atoms with Crippen molar-refractivity contribution in [3.8, 4) is 5.75 Å². The molecule has 0 amide bonds. The minimum Gasteiger partial charge on any atom is -0.497 e. The van der Waals surface area contributed by atoms with Crippen LogP contribution in [0.4, 0.5) is 0 Å². The third kappa shape index (κ3) is 4.85. The Labute approximate surface area is 127 Å². The fourth-order valence-electron chi connectivity index (χ4n) is 2.86. The molecule has 0 radical (unpaired) electrons. The van der Waals surface area contributed by atoms with Crippen LogP contribution in [-0.2, 0) is 9.53 Å². The number of carbonyl (C=O) groups excluding carboxylic acids is 1. The number of ether oxygens (including phenoxy) is 2. The van der Waals surface area contributed by atoms with Crippen molar-refractivity contribution in [3.63, 3.8) is 0 Å². The van der Waals surface area contributed by atoms with Crippen LogP contribution in [0, 0.1) is 0 Å². The van der Waals surface area contributed by atoms with E-state index >= 15 is 0 Å². The minimum absolute atomic E-state index is 0.0895. The van der Waals surface area contributed by atoms with Gasteiger partial charge in [0.25, 0.3) is 0 Å². The first-order valence-corrected chi connectivity index (χ1v) is 8.04. The Morgan fingerprint density at radius 1 is 1.14 bits per heavy atom. The molecule has 0 aromatic heterocycles. The van der Waals surface area contributed by atoms with E-state index in [9.17, 15) is 4.79 Å². The first kappa shape index (κ1) is 16.0. The zero-order valence-electron chi connectivity index (χ0n) is 13.1. The maximum atomic E-state index is 12.0. The number of rotatable bonds is 7. The molecule has 116 valence electrons. The molecule has 3 heteroatoms. The second kappa shape index (κ2) is 8.18. The highest BCUT2D eigenvalue weighted by Gasteiger charge is 2.28. The molecule has 1 aromatic carbocycles. The maximum absolute atomic E-state index is 12.0. The number of benzene rings is 1. The molecule has 1 fully saturated rings. The Morgan fingerprint density at radius 3 is 2.57 bits per heavy atom. The minimum atomic E-state index is -0.0895. The fraction of sp³-hybridized carbons (Fsp3) is 0.611. The Kier molecular flexibility index (Phi) is 6.24. The third-order valence-electron chi connectivity index (χ3n) is 4.09. The normalized spacial score (nSPS) is 22.3. The third-order valence-corrected chi connectivity index (χ3v) is 4.09. The van der Waals surface area contributed by atoms with Gasteiger partial charge in [-0.25, -0.2) is 0 Å². The average molecular weight is 290 g/mol. The van der Waals surface area contributed by atoms with Crippen LogP contribution in [0.1, 0.15) is 63.5 Å². The molecule has 1 aliphatic rings. The van der Waals surface area contributed by atoms with Crippen molar-refractivity contribution in [2.45, 2.75) is 64.1 Å². The summed E-state index contributed by atoms with van der Waals surface area (Å²) in [5, 5.41) is 0. The monoisotopic (exact) mass is 290 g/mol. The zero-order valence-corrected chi connectivity index (χ0v) is 13.1. The number of hydrogen-bond acceptors (Lipinski definition) is 3. The van der Waals surface area contributed by atoms with Crippen LogP contribution in [-0.4, -0.2) is 19.0 Å². The van der Waals surface area contributed by atoms with E-state index in [1.165, 1.54) is 19.3 Å². The standard InChI is InChI=1S/C18H26O3/c1-3-4-5-6-7-17-12-15(19)13-18(21-17)14-8-10-16(20-2)11-9-14/h8-11,17-18H,3-7,12-13H2,1-2H3/t17-,18-/m1/s1. The zero-order chi connectivity index (χ0) is 15.1. The highest BCUT2D eigenvalue weighted by Crippen LogP contribution is 2.32. The second-order valence-electron chi connectivity index (χ2n) is 5.82. The summed E-state index contributed by atoms with van der Waals surface area (Å²) in [6, 6.07) is 7.84. The Balaban J connectivity index is 1.91. The van der Waals surface area contributed by atoms with Crippen molar-refractivity contribution in [3.05, 3.63) is 29.8 Å². The van der Waals surface area contributed by atoms with E-state index in [-0.39, 0.29) is 12.2 Å². The predicted molar refractivity (Wildman–Crippen MR) is 83.6 cm³/mol. The van der Waals surface area contributed by atoms with Gasteiger partial charge in [0, 0.05) is 12.8 Å². The van der Waals surface area contributed by atoms with E-state index in [0.717, 1.165) is 24.2 Å². The molecule has 0 aliphatic carbocycles. The summed E-state index contributed by atoms with van der Waals surface area (Å²) in [6.45, 7) is 2.21. The molecule has 21 heavy (non-hydrogen) atoms. The lowest BCUT2D eigenvalue weighted by Gasteiger charge is -2.29.